The summed E-state index contributed by atoms with van der Waals surface area (Å²) in [6.45, 7) is 1.99. The first-order chi connectivity index (χ1) is 22.1. The van der Waals surface area contributed by atoms with Gasteiger partial charge in [0.15, 0.2) is 0 Å². The second kappa shape index (κ2) is 13.9. The fourth-order valence-corrected chi connectivity index (χ4v) is 4.06. The highest BCUT2D eigenvalue weighted by Gasteiger charge is 2.38. The molecule has 2 N–H and O–H groups in total. The van der Waals surface area contributed by atoms with Gasteiger partial charge in [0.05, 0.1) is 11.4 Å². The number of pyridine rings is 3. The number of carboxylic acid groups (broad SMARTS) is 2. The molecule has 0 aliphatic carbocycles. The summed E-state index contributed by atoms with van der Waals surface area (Å²) in [5.74, 6) is -4.65. The van der Waals surface area contributed by atoms with Crippen LogP contribution in [0.3, 0.4) is 0 Å². The number of fused-ring (bicyclic) bond motifs is 1. The number of alkyl halides is 6. The van der Waals surface area contributed by atoms with Gasteiger partial charge >= 0.3 is 24.3 Å². The van der Waals surface area contributed by atoms with E-state index in [1.165, 1.54) is 0 Å². The van der Waals surface area contributed by atoms with E-state index in [0.717, 1.165) is 50.7 Å². The first-order valence-electron chi connectivity index (χ1n) is 13.2. The molecule has 0 aliphatic heterocycles. The van der Waals surface area contributed by atoms with Gasteiger partial charge in [-0.05, 0) is 73.7 Å². The largest absolute Gasteiger partial charge is 0.490 e. The molecule has 0 radical (unpaired) electrons. The Kier molecular flexibility index (Phi) is 10.0. The fourth-order valence-electron chi connectivity index (χ4n) is 4.06. The molecule has 0 unspecified atom stereocenters. The standard InChI is InChI=1S/C27H20N6.2C2HF3O2/c1-19-16-24(10-14-29-19)33-18-25(22-5-2-12-28-17-22)31-27(33)21-6-8-23(9-7-21)32-15-11-20-4-3-13-30-26(20)32;2*3-2(4,5)1(6)7/h2-18H,1H3;2*(H,6,7). The highest BCUT2D eigenvalue weighted by atomic mass is 19.4. The van der Waals surface area contributed by atoms with E-state index in [1.54, 1.807) is 6.20 Å². The van der Waals surface area contributed by atoms with Crippen LogP contribution in [0.15, 0.2) is 104 Å². The third-order valence-corrected chi connectivity index (χ3v) is 6.16. The highest BCUT2D eigenvalue weighted by Crippen LogP contribution is 2.29. The highest BCUT2D eigenvalue weighted by molar-refractivity contribution is 5.78. The molecule has 10 nitrogen and oxygen atoms in total. The van der Waals surface area contributed by atoms with Crippen LogP contribution in [0, 0.1) is 6.92 Å². The van der Waals surface area contributed by atoms with Gasteiger partial charge in [-0.3, -0.25) is 14.5 Å². The molecule has 0 saturated heterocycles. The molecule has 6 aromatic rings. The molecule has 5 aromatic heterocycles. The molecule has 0 saturated carbocycles. The van der Waals surface area contributed by atoms with Crippen molar-refractivity contribution >= 4 is 23.0 Å². The maximum absolute atomic E-state index is 10.6. The summed E-state index contributed by atoms with van der Waals surface area (Å²) in [5.41, 5.74) is 6.84. The quantitative estimate of drug-likeness (QED) is 0.196. The van der Waals surface area contributed by atoms with E-state index in [0.29, 0.717) is 0 Å². The first kappa shape index (κ1) is 33.8. The van der Waals surface area contributed by atoms with Crippen molar-refractivity contribution in [3.63, 3.8) is 0 Å². The molecule has 16 heteroatoms. The number of aliphatic carboxylic acids is 2. The van der Waals surface area contributed by atoms with Gasteiger partial charge in [0, 0.05) is 65.1 Å². The minimum Gasteiger partial charge on any atom is -0.475 e. The van der Waals surface area contributed by atoms with Crippen molar-refractivity contribution in [1.82, 2.24) is 29.1 Å². The maximum atomic E-state index is 10.6. The lowest BCUT2D eigenvalue weighted by atomic mass is 10.2. The zero-order valence-electron chi connectivity index (χ0n) is 24.0. The molecule has 0 atom stereocenters. The Balaban J connectivity index is 0.000000301. The first-order valence-corrected chi connectivity index (χ1v) is 13.2. The topological polar surface area (TPSA) is 136 Å². The summed E-state index contributed by atoms with van der Waals surface area (Å²) in [4.78, 5) is 35.9. The number of imidazole rings is 1. The molecular weight excluding hydrogens is 634 g/mol. The SMILES string of the molecule is Cc1cc(-n2cc(-c3cccnc3)nc2-c2ccc(-n3ccc4cccnc43)cc2)ccn1.O=C(O)C(F)(F)F.O=C(O)C(F)(F)F. The van der Waals surface area contributed by atoms with Crippen LogP contribution in [0.5, 0.6) is 0 Å². The van der Waals surface area contributed by atoms with Crippen LogP contribution in [0.25, 0.3) is 45.1 Å². The van der Waals surface area contributed by atoms with Crippen molar-refractivity contribution in [2.75, 3.05) is 0 Å². The number of hydrogen-bond acceptors (Lipinski definition) is 6. The Morgan fingerprint density at radius 2 is 1.36 bits per heavy atom. The van der Waals surface area contributed by atoms with Gasteiger partial charge in [-0.25, -0.2) is 19.6 Å². The minimum atomic E-state index is -5.08. The number of carbonyl (C=O) groups is 2. The molecular formula is C31H22F6N6O4. The zero-order chi connectivity index (χ0) is 34.4. The Hall–Kier alpha value is -6.06. The summed E-state index contributed by atoms with van der Waals surface area (Å²) in [6, 6.07) is 22.5. The van der Waals surface area contributed by atoms with Crippen LogP contribution in [-0.2, 0) is 9.59 Å². The third-order valence-electron chi connectivity index (χ3n) is 6.16. The van der Waals surface area contributed by atoms with Gasteiger partial charge in [-0.2, -0.15) is 26.3 Å². The van der Waals surface area contributed by atoms with Crippen molar-refractivity contribution < 1.29 is 46.1 Å². The Bertz CT molecular complexity index is 1960. The number of hydrogen-bond donors (Lipinski definition) is 2. The predicted molar refractivity (Wildman–Crippen MR) is 157 cm³/mol. The van der Waals surface area contributed by atoms with Crippen molar-refractivity contribution in [2.24, 2.45) is 0 Å². The van der Waals surface area contributed by atoms with Crippen molar-refractivity contribution in [1.29, 1.82) is 0 Å². The number of benzene rings is 1. The third kappa shape index (κ3) is 8.56. The van der Waals surface area contributed by atoms with Crippen LogP contribution in [-0.4, -0.2) is 63.6 Å². The lowest BCUT2D eigenvalue weighted by Gasteiger charge is -2.10. The van der Waals surface area contributed by atoms with E-state index >= 15 is 0 Å². The fraction of sp³-hybridized carbons (Fsp3) is 0.0968. The smallest absolute Gasteiger partial charge is 0.475 e. The van der Waals surface area contributed by atoms with Crippen molar-refractivity contribution in [3.8, 4) is 34.0 Å². The van der Waals surface area contributed by atoms with Crippen LogP contribution in [0.2, 0.25) is 0 Å². The van der Waals surface area contributed by atoms with E-state index in [1.807, 2.05) is 56.0 Å². The molecule has 0 bridgehead atoms. The van der Waals surface area contributed by atoms with Crippen LogP contribution >= 0.6 is 0 Å². The van der Waals surface area contributed by atoms with Gasteiger partial charge in [0.25, 0.3) is 0 Å². The number of rotatable bonds is 4. The van der Waals surface area contributed by atoms with E-state index in [2.05, 4.69) is 72.7 Å². The lowest BCUT2D eigenvalue weighted by Crippen LogP contribution is -2.21. The summed E-state index contributed by atoms with van der Waals surface area (Å²) in [6.07, 6.45) is 1.19. The van der Waals surface area contributed by atoms with E-state index in [9.17, 15) is 26.3 Å². The molecule has 47 heavy (non-hydrogen) atoms. The average molecular weight is 657 g/mol. The summed E-state index contributed by atoms with van der Waals surface area (Å²) >= 11 is 0. The van der Waals surface area contributed by atoms with Crippen LogP contribution in [0.1, 0.15) is 5.69 Å². The van der Waals surface area contributed by atoms with Gasteiger partial charge in [-0.1, -0.05) is 0 Å². The molecule has 6 rings (SSSR count). The second-order valence-electron chi connectivity index (χ2n) is 9.47. The molecule has 0 amide bonds. The Morgan fingerprint density at radius 1 is 0.723 bits per heavy atom. The number of aromatic nitrogens is 6. The molecule has 242 valence electrons. The van der Waals surface area contributed by atoms with Crippen LogP contribution < -0.4 is 0 Å². The summed E-state index contributed by atoms with van der Waals surface area (Å²) in [7, 11) is 0. The zero-order valence-corrected chi connectivity index (χ0v) is 24.0. The predicted octanol–water partition coefficient (Wildman–Crippen LogP) is 6.91. The van der Waals surface area contributed by atoms with Crippen LogP contribution in [0.4, 0.5) is 26.3 Å². The molecule has 5 heterocycles. The normalized spacial score (nSPS) is 11.2. The van der Waals surface area contributed by atoms with Crippen molar-refractivity contribution in [2.45, 2.75) is 19.3 Å². The minimum absolute atomic E-state index is 0.862. The van der Waals surface area contributed by atoms with Gasteiger partial charge in [0.1, 0.15) is 11.5 Å². The Labute approximate surface area is 261 Å². The summed E-state index contributed by atoms with van der Waals surface area (Å²) < 4.78 is 67.7. The monoisotopic (exact) mass is 656 g/mol. The summed E-state index contributed by atoms with van der Waals surface area (Å²) in [5, 5.41) is 15.4. The molecule has 0 spiro atoms. The second-order valence-corrected chi connectivity index (χ2v) is 9.47. The maximum Gasteiger partial charge on any atom is 0.490 e. The van der Waals surface area contributed by atoms with Gasteiger partial charge < -0.3 is 14.8 Å². The number of carboxylic acids is 2. The molecule has 1 aromatic carbocycles. The van der Waals surface area contributed by atoms with E-state index in [4.69, 9.17) is 24.8 Å². The van der Waals surface area contributed by atoms with Gasteiger partial charge in [-0.15, -0.1) is 0 Å². The average Bonchev–Trinajstić information content (AvgIpc) is 3.67. The molecule has 0 aliphatic rings. The Morgan fingerprint density at radius 3 is 1.94 bits per heavy atom. The van der Waals surface area contributed by atoms with Crippen molar-refractivity contribution in [3.05, 3.63) is 110 Å². The van der Waals surface area contributed by atoms with Gasteiger partial charge in [0.2, 0.25) is 0 Å². The number of aryl methyl sites for hydroxylation is 1. The molecule has 0 fully saturated rings. The number of halogens is 6. The van der Waals surface area contributed by atoms with E-state index < -0.39 is 24.3 Å². The number of nitrogens with zero attached hydrogens (tertiary/aromatic N) is 6. The lowest BCUT2D eigenvalue weighted by molar-refractivity contribution is -0.193. The van der Waals surface area contributed by atoms with E-state index in [-0.39, 0.29) is 0 Å².